The summed E-state index contributed by atoms with van der Waals surface area (Å²) in [6, 6.07) is -0.364. The smallest absolute Gasteiger partial charge is 0.251 e. The maximum atomic E-state index is 11.4. The summed E-state index contributed by atoms with van der Waals surface area (Å²) in [6.45, 7) is 2.29. The van der Waals surface area contributed by atoms with Gasteiger partial charge in [-0.15, -0.1) is 0 Å². The first-order chi connectivity index (χ1) is 7.31. The van der Waals surface area contributed by atoms with Gasteiger partial charge in [-0.1, -0.05) is 13.3 Å². The SMILES string of the molecule is CCCC(C(=O)NN)N(C)CCS(C)(=O)=O. The summed E-state index contributed by atoms with van der Waals surface area (Å²) in [4.78, 5) is 13.2. The largest absolute Gasteiger partial charge is 0.294 e. The molecule has 0 rings (SSSR count). The number of sulfone groups is 1. The molecule has 0 aromatic carbocycles. The highest BCUT2D eigenvalue weighted by molar-refractivity contribution is 7.90. The van der Waals surface area contributed by atoms with Gasteiger partial charge >= 0.3 is 0 Å². The molecule has 0 aliphatic rings. The molecule has 0 fully saturated rings. The fourth-order valence-corrected chi connectivity index (χ4v) is 2.01. The molecular formula is C9H21N3O3S. The maximum Gasteiger partial charge on any atom is 0.251 e. The Labute approximate surface area is 97.1 Å². The van der Waals surface area contributed by atoms with Gasteiger partial charge in [-0.25, -0.2) is 14.3 Å². The van der Waals surface area contributed by atoms with Crippen LogP contribution < -0.4 is 11.3 Å². The Balaban J connectivity index is 4.38. The van der Waals surface area contributed by atoms with Crippen molar-refractivity contribution in [3.63, 3.8) is 0 Å². The van der Waals surface area contributed by atoms with Crippen LogP contribution in [0.4, 0.5) is 0 Å². The van der Waals surface area contributed by atoms with Gasteiger partial charge in [-0.2, -0.15) is 0 Å². The third kappa shape index (κ3) is 6.04. The molecule has 1 atom stereocenters. The van der Waals surface area contributed by atoms with Crippen molar-refractivity contribution in [3.05, 3.63) is 0 Å². The van der Waals surface area contributed by atoms with Crippen molar-refractivity contribution >= 4 is 15.7 Å². The summed E-state index contributed by atoms with van der Waals surface area (Å²) in [5.74, 6) is 4.84. The van der Waals surface area contributed by atoms with E-state index in [2.05, 4.69) is 5.43 Å². The first kappa shape index (κ1) is 15.3. The molecule has 0 saturated carbocycles. The maximum absolute atomic E-state index is 11.4. The molecule has 1 unspecified atom stereocenters. The number of rotatable bonds is 7. The predicted octanol–water partition coefficient (Wildman–Crippen LogP) is -0.879. The molecule has 0 aromatic rings. The number of nitrogens with one attached hydrogen (secondary N) is 1. The number of nitrogens with zero attached hydrogens (tertiary/aromatic N) is 1. The topological polar surface area (TPSA) is 92.5 Å². The van der Waals surface area contributed by atoms with Crippen molar-refractivity contribution in [1.82, 2.24) is 10.3 Å². The summed E-state index contributed by atoms with van der Waals surface area (Å²) < 4.78 is 22.0. The third-order valence-electron chi connectivity index (χ3n) is 2.35. The molecule has 1 amide bonds. The van der Waals surface area contributed by atoms with Gasteiger partial charge in [0, 0.05) is 12.8 Å². The van der Waals surface area contributed by atoms with Gasteiger partial charge in [-0.3, -0.25) is 15.1 Å². The number of hydrogen-bond acceptors (Lipinski definition) is 5. The second-order valence-corrected chi connectivity index (χ2v) is 6.18. The Morgan fingerprint density at radius 3 is 2.44 bits per heavy atom. The number of hydrazine groups is 1. The average Bonchev–Trinajstić information content (AvgIpc) is 2.20. The molecule has 0 aliphatic heterocycles. The van der Waals surface area contributed by atoms with E-state index >= 15 is 0 Å². The minimum atomic E-state index is -3.00. The second kappa shape index (κ2) is 6.82. The lowest BCUT2D eigenvalue weighted by Crippen LogP contribution is -2.48. The van der Waals surface area contributed by atoms with Crippen LogP contribution in [-0.4, -0.2) is 50.9 Å². The van der Waals surface area contributed by atoms with Gasteiger partial charge < -0.3 is 0 Å². The Kier molecular flexibility index (Phi) is 6.54. The highest BCUT2D eigenvalue weighted by atomic mass is 32.2. The molecule has 3 N–H and O–H groups in total. The lowest BCUT2D eigenvalue weighted by atomic mass is 10.1. The van der Waals surface area contributed by atoms with E-state index in [-0.39, 0.29) is 17.7 Å². The Morgan fingerprint density at radius 2 is 2.06 bits per heavy atom. The van der Waals surface area contributed by atoms with E-state index in [1.807, 2.05) is 6.92 Å². The van der Waals surface area contributed by atoms with Crippen LogP contribution in [0.2, 0.25) is 0 Å². The number of carbonyl (C=O) groups excluding carboxylic acids is 1. The number of amides is 1. The first-order valence-electron chi connectivity index (χ1n) is 5.20. The van der Waals surface area contributed by atoms with Crippen molar-refractivity contribution in [2.24, 2.45) is 5.84 Å². The van der Waals surface area contributed by atoms with Crippen molar-refractivity contribution in [2.45, 2.75) is 25.8 Å². The van der Waals surface area contributed by atoms with E-state index in [4.69, 9.17) is 5.84 Å². The van der Waals surface area contributed by atoms with Crippen molar-refractivity contribution in [3.8, 4) is 0 Å². The van der Waals surface area contributed by atoms with Crippen LogP contribution in [0.5, 0.6) is 0 Å². The Bertz CT molecular complexity index is 316. The molecule has 0 aliphatic carbocycles. The van der Waals surface area contributed by atoms with Crippen LogP contribution in [0.15, 0.2) is 0 Å². The highest BCUT2D eigenvalue weighted by Gasteiger charge is 2.22. The predicted molar refractivity (Wildman–Crippen MR) is 63.4 cm³/mol. The number of carbonyl (C=O) groups is 1. The zero-order chi connectivity index (χ0) is 12.8. The number of nitrogens with two attached hydrogens (primary N) is 1. The van der Waals surface area contributed by atoms with E-state index in [0.29, 0.717) is 13.0 Å². The number of likely N-dealkylation sites (N-methyl/N-ethyl adjacent to an activating group) is 1. The van der Waals surface area contributed by atoms with Gasteiger partial charge in [0.25, 0.3) is 5.91 Å². The standard InChI is InChI=1S/C9H21N3O3S/c1-4-5-8(9(13)11-10)12(2)6-7-16(3,14)15/h8H,4-7,10H2,1-3H3,(H,11,13). The first-order valence-corrected chi connectivity index (χ1v) is 7.26. The van der Waals surface area contributed by atoms with Crippen LogP contribution in [0, 0.1) is 0 Å². The van der Waals surface area contributed by atoms with Gasteiger partial charge in [0.1, 0.15) is 9.84 Å². The molecule has 0 aromatic heterocycles. The minimum absolute atomic E-state index is 0.0432. The fourth-order valence-electron chi connectivity index (χ4n) is 1.39. The van der Waals surface area contributed by atoms with Crippen LogP contribution in [0.25, 0.3) is 0 Å². The monoisotopic (exact) mass is 251 g/mol. The summed E-state index contributed by atoms with van der Waals surface area (Å²) in [5.41, 5.74) is 2.10. The molecular weight excluding hydrogens is 230 g/mol. The number of hydrogen-bond donors (Lipinski definition) is 2. The molecule has 16 heavy (non-hydrogen) atoms. The van der Waals surface area contributed by atoms with Gasteiger partial charge in [0.15, 0.2) is 0 Å². The normalized spacial score (nSPS) is 13.8. The quantitative estimate of drug-likeness (QED) is 0.348. The highest BCUT2D eigenvalue weighted by Crippen LogP contribution is 2.05. The van der Waals surface area contributed by atoms with Crippen molar-refractivity contribution in [2.75, 3.05) is 25.6 Å². The van der Waals surface area contributed by atoms with Crippen LogP contribution in [-0.2, 0) is 14.6 Å². The van der Waals surface area contributed by atoms with E-state index in [1.54, 1.807) is 11.9 Å². The molecule has 0 heterocycles. The minimum Gasteiger partial charge on any atom is -0.294 e. The second-order valence-electron chi connectivity index (χ2n) is 3.92. The van der Waals surface area contributed by atoms with Crippen LogP contribution in [0.1, 0.15) is 19.8 Å². The summed E-state index contributed by atoms with van der Waals surface area (Å²) in [7, 11) is -1.28. The molecule has 0 spiro atoms. The van der Waals surface area contributed by atoms with Gasteiger partial charge in [0.2, 0.25) is 0 Å². The zero-order valence-electron chi connectivity index (χ0n) is 10.1. The molecule has 0 radical (unpaired) electrons. The zero-order valence-corrected chi connectivity index (χ0v) is 10.9. The van der Waals surface area contributed by atoms with E-state index in [1.165, 1.54) is 6.26 Å². The fraction of sp³-hybridized carbons (Fsp3) is 0.889. The molecule has 6 nitrogen and oxygen atoms in total. The molecule has 96 valence electrons. The third-order valence-corrected chi connectivity index (χ3v) is 3.28. The van der Waals surface area contributed by atoms with E-state index < -0.39 is 9.84 Å². The molecule has 0 bridgehead atoms. The summed E-state index contributed by atoms with van der Waals surface area (Å²) in [5, 5.41) is 0. The lowest BCUT2D eigenvalue weighted by molar-refractivity contribution is -0.126. The van der Waals surface area contributed by atoms with Gasteiger partial charge in [-0.05, 0) is 13.5 Å². The van der Waals surface area contributed by atoms with E-state index in [0.717, 1.165) is 6.42 Å². The molecule has 0 saturated heterocycles. The van der Waals surface area contributed by atoms with Gasteiger partial charge in [0.05, 0.1) is 11.8 Å². The Morgan fingerprint density at radius 1 is 1.50 bits per heavy atom. The van der Waals surface area contributed by atoms with Crippen LogP contribution >= 0.6 is 0 Å². The average molecular weight is 251 g/mol. The lowest BCUT2D eigenvalue weighted by Gasteiger charge is -2.25. The van der Waals surface area contributed by atoms with Crippen molar-refractivity contribution < 1.29 is 13.2 Å². The van der Waals surface area contributed by atoms with Crippen LogP contribution in [0.3, 0.4) is 0 Å². The summed E-state index contributed by atoms with van der Waals surface area (Å²) in [6.07, 6.45) is 2.67. The van der Waals surface area contributed by atoms with E-state index in [9.17, 15) is 13.2 Å². The van der Waals surface area contributed by atoms with Crippen molar-refractivity contribution in [1.29, 1.82) is 0 Å². The Hall–Kier alpha value is -0.660. The summed E-state index contributed by atoms with van der Waals surface area (Å²) >= 11 is 0. The molecule has 7 heteroatoms.